The van der Waals surface area contributed by atoms with Crippen LogP contribution in [0.2, 0.25) is 0 Å². The Morgan fingerprint density at radius 2 is 1.78 bits per heavy atom. The highest BCUT2D eigenvalue weighted by atomic mass is 16.6. The fraction of sp³-hybridized carbons (Fsp3) is 0.875. The quantitative estimate of drug-likeness (QED) is 0.330. The summed E-state index contributed by atoms with van der Waals surface area (Å²) in [7, 11) is 0. The van der Waals surface area contributed by atoms with Crippen molar-refractivity contribution in [3.05, 3.63) is 11.6 Å². The first-order valence-electron chi connectivity index (χ1n) is 14.9. The molecular formula is C32H50O5. The third-order valence-electron chi connectivity index (χ3n) is 12.3. The van der Waals surface area contributed by atoms with Crippen LogP contribution in [0.4, 0.5) is 0 Å². The van der Waals surface area contributed by atoms with Crippen molar-refractivity contribution in [1.82, 2.24) is 0 Å². The average molecular weight is 515 g/mol. The zero-order valence-corrected chi connectivity index (χ0v) is 24.5. The first kappa shape index (κ1) is 27.2. The van der Waals surface area contributed by atoms with Crippen LogP contribution >= 0.6 is 0 Å². The summed E-state index contributed by atoms with van der Waals surface area (Å²) in [5.41, 5.74) is 0.309. The number of ether oxygens (including phenoxy) is 2. The van der Waals surface area contributed by atoms with Crippen LogP contribution in [0.25, 0.3) is 0 Å². The van der Waals surface area contributed by atoms with Gasteiger partial charge < -0.3 is 14.6 Å². The van der Waals surface area contributed by atoms with Crippen molar-refractivity contribution in [2.24, 2.45) is 45.3 Å². The molecule has 5 nitrogen and oxygen atoms in total. The van der Waals surface area contributed by atoms with Gasteiger partial charge in [-0.25, -0.2) is 0 Å². The summed E-state index contributed by atoms with van der Waals surface area (Å²) in [6.45, 7) is 17.2. The van der Waals surface area contributed by atoms with Gasteiger partial charge in [0.1, 0.15) is 11.7 Å². The largest absolute Gasteiger partial charge is 0.462 e. The lowest BCUT2D eigenvalue weighted by Crippen LogP contribution is -2.58. The number of carbonyl (C=O) groups is 2. The van der Waals surface area contributed by atoms with Gasteiger partial charge in [0.15, 0.2) is 0 Å². The fourth-order valence-electron chi connectivity index (χ4n) is 10.7. The van der Waals surface area contributed by atoms with Crippen LogP contribution in [-0.4, -0.2) is 34.9 Å². The SMILES string of the molecule is CC(=O)OC(CC(C)C)C[C@]1(C)OC(=O)[C@]23CC=C4[C@@H](CC[C@H]5C(C)(C)[C@@H](O)CC[C@]45C)[C@]2(C)CC[C@@H]31. The van der Waals surface area contributed by atoms with Gasteiger partial charge in [0.2, 0.25) is 0 Å². The van der Waals surface area contributed by atoms with E-state index < -0.39 is 11.0 Å². The van der Waals surface area contributed by atoms with Gasteiger partial charge in [-0.1, -0.05) is 53.2 Å². The molecule has 1 saturated heterocycles. The molecular weight excluding hydrogens is 464 g/mol. The van der Waals surface area contributed by atoms with Crippen molar-refractivity contribution in [2.45, 2.75) is 131 Å². The van der Waals surface area contributed by atoms with E-state index in [2.05, 4.69) is 54.5 Å². The smallest absolute Gasteiger partial charge is 0.313 e. The molecule has 0 aromatic rings. The lowest BCUT2D eigenvalue weighted by Gasteiger charge is -2.63. The monoisotopic (exact) mass is 514 g/mol. The van der Waals surface area contributed by atoms with E-state index >= 15 is 0 Å². The lowest BCUT2D eigenvalue weighted by atomic mass is 9.41. The first-order chi connectivity index (χ1) is 17.1. The van der Waals surface area contributed by atoms with E-state index in [4.69, 9.17) is 9.47 Å². The van der Waals surface area contributed by atoms with Crippen LogP contribution < -0.4 is 0 Å². The van der Waals surface area contributed by atoms with Crippen molar-refractivity contribution >= 4 is 11.9 Å². The maximum absolute atomic E-state index is 14.0. The van der Waals surface area contributed by atoms with E-state index in [1.54, 1.807) is 5.57 Å². The molecule has 9 atom stereocenters. The zero-order chi connectivity index (χ0) is 27.2. The van der Waals surface area contributed by atoms with Crippen molar-refractivity contribution < 1.29 is 24.2 Å². The Bertz CT molecular complexity index is 997. The van der Waals surface area contributed by atoms with Gasteiger partial charge in [-0.15, -0.1) is 0 Å². The third kappa shape index (κ3) is 3.64. The minimum Gasteiger partial charge on any atom is -0.462 e. The second kappa shape index (κ2) is 8.57. The van der Waals surface area contributed by atoms with Crippen molar-refractivity contribution in [3.8, 4) is 0 Å². The Balaban J connectivity index is 1.50. The zero-order valence-electron chi connectivity index (χ0n) is 24.5. The van der Waals surface area contributed by atoms with Gasteiger partial charge in [0.25, 0.3) is 0 Å². The number of cyclic esters (lactones) is 1. The Morgan fingerprint density at radius 3 is 2.43 bits per heavy atom. The van der Waals surface area contributed by atoms with Crippen molar-refractivity contribution in [2.75, 3.05) is 0 Å². The summed E-state index contributed by atoms with van der Waals surface area (Å²) >= 11 is 0. The molecule has 0 bridgehead atoms. The van der Waals surface area contributed by atoms with E-state index in [-0.39, 0.29) is 46.3 Å². The molecule has 1 unspecified atom stereocenters. The molecule has 1 heterocycles. The Kier molecular flexibility index (Phi) is 6.30. The summed E-state index contributed by atoms with van der Waals surface area (Å²) in [6.07, 6.45) is 10.2. The summed E-state index contributed by atoms with van der Waals surface area (Å²) < 4.78 is 12.2. The molecule has 3 saturated carbocycles. The minimum absolute atomic E-state index is 0.0203. The number of hydrogen-bond donors (Lipinski definition) is 1. The molecule has 5 rings (SSSR count). The van der Waals surface area contributed by atoms with Gasteiger partial charge in [0.05, 0.1) is 11.5 Å². The Hall–Kier alpha value is -1.36. The maximum Gasteiger partial charge on any atom is 0.313 e. The molecule has 37 heavy (non-hydrogen) atoms. The van der Waals surface area contributed by atoms with E-state index in [1.165, 1.54) is 6.92 Å². The topological polar surface area (TPSA) is 72.8 Å². The molecule has 0 aromatic heterocycles. The lowest BCUT2D eigenvalue weighted by molar-refractivity contribution is -0.165. The third-order valence-corrected chi connectivity index (χ3v) is 12.3. The molecule has 208 valence electrons. The van der Waals surface area contributed by atoms with Crippen LogP contribution in [-0.2, 0) is 19.1 Å². The predicted octanol–water partition coefficient (Wildman–Crippen LogP) is 6.62. The van der Waals surface area contributed by atoms with Gasteiger partial charge >= 0.3 is 11.9 Å². The van der Waals surface area contributed by atoms with Crippen LogP contribution in [0.5, 0.6) is 0 Å². The van der Waals surface area contributed by atoms with Crippen LogP contribution in [0, 0.1) is 45.3 Å². The molecule has 4 fully saturated rings. The standard InChI is InChI=1S/C32H50O5/c1-19(2)17-21(36-20(3)33)18-31(8)25-12-15-30(7)23-9-10-24-28(4,5)26(34)13-14-29(24,6)22(23)11-16-32(25,30)27(35)37-31/h11,19,21,23-26,34H,9-10,12-18H2,1-8H3/t21?,23-,24+,25-,26+,29-,30+,31+,32-/m1/s1. The molecule has 0 amide bonds. The first-order valence-corrected chi connectivity index (χ1v) is 14.9. The number of esters is 2. The number of aliphatic hydroxyl groups is 1. The van der Waals surface area contributed by atoms with Crippen LogP contribution in [0.1, 0.15) is 113 Å². The number of aliphatic hydroxyl groups excluding tert-OH is 1. The number of allylic oxidation sites excluding steroid dienone is 2. The van der Waals surface area contributed by atoms with E-state index in [0.717, 1.165) is 51.4 Å². The maximum atomic E-state index is 14.0. The molecule has 1 spiro atoms. The minimum atomic E-state index is -0.618. The summed E-state index contributed by atoms with van der Waals surface area (Å²) in [5.74, 6) is 1.09. The second-order valence-electron chi connectivity index (χ2n) is 15.1. The van der Waals surface area contributed by atoms with Crippen LogP contribution in [0.3, 0.4) is 0 Å². The summed E-state index contributed by atoms with van der Waals surface area (Å²) in [4.78, 5) is 25.9. The van der Waals surface area contributed by atoms with Gasteiger partial charge in [-0.2, -0.15) is 0 Å². The van der Waals surface area contributed by atoms with E-state index in [1.807, 2.05) is 0 Å². The highest BCUT2D eigenvalue weighted by Gasteiger charge is 2.76. The molecule has 0 aromatic carbocycles. The van der Waals surface area contributed by atoms with E-state index in [9.17, 15) is 14.7 Å². The highest BCUT2D eigenvalue weighted by Crippen LogP contribution is 2.76. The van der Waals surface area contributed by atoms with E-state index in [0.29, 0.717) is 24.2 Å². The molecule has 5 aliphatic rings. The number of rotatable bonds is 5. The fourth-order valence-corrected chi connectivity index (χ4v) is 10.7. The number of carbonyl (C=O) groups excluding carboxylic acids is 2. The van der Waals surface area contributed by atoms with Crippen LogP contribution in [0.15, 0.2) is 11.6 Å². The van der Waals surface area contributed by atoms with Gasteiger partial charge in [-0.05, 0) is 92.3 Å². The van der Waals surface area contributed by atoms with Gasteiger partial charge in [0, 0.05) is 19.3 Å². The highest BCUT2D eigenvalue weighted by molar-refractivity contribution is 5.83. The molecule has 4 aliphatic carbocycles. The Morgan fingerprint density at radius 1 is 1.08 bits per heavy atom. The molecule has 1 N–H and O–H groups in total. The normalized spacial score (nSPS) is 46.8. The predicted molar refractivity (Wildman–Crippen MR) is 143 cm³/mol. The van der Waals surface area contributed by atoms with Crippen molar-refractivity contribution in [1.29, 1.82) is 0 Å². The number of fused-ring (bicyclic) bond motifs is 4. The van der Waals surface area contributed by atoms with Gasteiger partial charge in [-0.3, -0.25) is 9.59 Å². The Labute approximate surface area is 224 Å². The summed E-state index contributed by atoms with van der Waals surface area (Å²) in [6, 6.07) is 0. The molecule has 5 heteroatoms. The second-order valence-corrected chi connectivity index (χ2v) is 15.1. The number of hydrogen-bond acceptors (Lipinski definition) is 5. The van der Waals surface area contributed by atoms with Crippen molar-refractivity contribution in [3.63, 3.8) is 0 Å². The summed E-state index contributed by atoms with van der Waals surface area (Å²) in [5, 5.41) is 10.9. The molecule has 1 aliphatic heterocycles. The average Bonchev–Trinajstić information content (AvgIpc) is 3.20. The molecule has 0 radical (unpaired) electrons.